The first-order valence-electron chi connectivity index (χ1n) is 6.48. The summed E-state index contributed by atoms with van der Waals surface area (Å²) in [5, 5.41) is 3.97. The molecule has 0 aromatic heterocycles. The molecule has 0 fully saturated rings. The Bertz CT molecular complexity index is 362. The molecular weight excluding hydrogens is 275 g/mol. The van der Waals surface area contributed by atoms with Gasteiger partial charge >= 0.3 is 6.18 Å². The molecule has 0 bridgehead atoms. The highest BCUT2D eigenvalue weighted by molar-refractivity contribution is 6.30. The zero-order valence-corrected chi connectivity index (χ0v) is 11.7. The van der Waals surface area contributed by atoms with Crippen molar-refractivity contribution in [3.05, 3.63) is 34.9 Å². The van der Waals surface area contributed by atoms with E-state index in [9.17, 15) is 13.2 Å². The van der Waals surface area contributed by atoms with Crippen molar-refractivity contribution in [3.8, 4) is 0 Å². The van der Waals surface area contributed by atoms with E-state index in [0.717, 1.165) is 12.0 Å². The van der Waals surface area contributed by atoms with Gasteiger partial charge in [-0.15, -0.1) is 0 Å². The summed E-state index contributed by atoms with van der Waals surface area (Å²) >= 11 is 5.82. The van der Waals surface area contributed by atoms with E-state index in [1.165, 1.54) is 0 Å². The molecule has 0 aliphatic rings. The van der Waals surface area contributed by atoms with Gasteiger partial charge < -0.3 is 5.32 Å². The minimum absolute atomic E-state index is 0.170. The first-order chi connectivity index (χ1) is 8.92. The van der Waals surface area contributed by atoms with Gasteiger partial charge in [-0.1, -0.05) is 30.7 Å². The van der Waals surface area contributed by atoms with E-state index in [4.69, 9.17) is 11.6 Å². The minimum atomic E-state index is -4.04. The predicted octanol–water partition coefficient (Wildman–Crippen LogP) is 5.11. The maximum Gasteiger partial charge on any atom is 0.389 e. The van der Waals surface area contributed by atoms with Gasteiger partial charge in [0.2, 0.25) is 0 Å². The number of alkyl halides is 3. The van der Waals surface area contributed by atoms with Crippen molar-refractivity contribution in [2.24, 2.45) is 0 Å². The highest BCUT2D eigenvalue weighted by Crippen LogP contribution is 2.22. The van der Waals surface area contributed by atoms with Crippen LogP contribution >= 0.6 is 11.6 Å². The van der Waals surface area contributed by atoms with E-state index in [1.54, 1.807) is 0 Å². The lowest BCUT2D eigenvalue weighted by atomic mass is 10.0. The van der Waals surface area contributed by atoms with Gasteiger partial charge in [0.1, 0.15) is 0 Å². The SMILES string of the molecule is CCC(NCCCCC(F)(F)F)c1ccc(Cl)cc1. The second kappa shape index (κ2) is 7.75. The molecule has 1 rings (SSSR count). The molecule has 0 aliphatic carbocycles. The van der Waals surface area contributed by atoms with Crippen molar-refractivity contribution in [1.29, 1.82) is 0 Å². The van der Waals surface area contributed by atoms with Crippen molar-refractivity contribution >= 4 is 11.6 Å². The van der Waals surface area contributed by atoms with Crippen LogP contribution in [-0.4, -0.2) is 12.7 Å². The molecule has 5 heteroatoms. The van der Waals surface area contributed by atoms with Crippen LogP contribution in [0.25, 0.3) is 0 Å². The van der Waals surface area contributed by atoms with Gasteiger partial charge in [0.05, 0.1) is 0 Å². The fourth-order valence-electron chi connectivity index (χ4n) is 1.92. The molecule has 0 saturated carbocycles. The normalized spacial score (nSPS) is 13.5. The highest BCUT2D eigenvalue weighted by Gasteiger charge is 2.25. The van der Waals surface area contributed by atoms with E-state index in [0.29, 0.717) is 18.0 Å². The van der Waals surface area contributed by atoms with E-state index >= 15 is 0 Å². The fourth-order valence-corrected chi connectivity index (χ4v) is 2.05. The van der Waals surface area contributed by atoms with E-state index < -0.39 is 12.6 Å². The summed E-state index contributed by atoms with van der Waals surface area (Å²) in [6.45, 7) is 2.64. The Morgan fingerprint density at radius 1 is 1.16 bits per heavy atom. The Kier molecular flexibility index (Phi) is 6.66. The molecule has 0 radical (unpaired) electrons. The third-order valence-electron chi connectivity index (χ3n) is 2.96. The van der Waals surface area contributed by atoms with Crippen LogP contribution in [0.4, 0.5) is 13.2 Å². The van der Waals surface area contributed by atoms with Crippen molar-refractivity contribution in [2.45, 2.75) is 44.8 Å². The van der Waals surface area contributed by atoms with Gasteiger partial charge in [-0.2, -0.15) is 13.2 Å². The first kappa shape index (κ1) is 16.3. The number of unbranched alkanes of at least 4 members (excludes halogenated alkanes) is 1. The predicted molar refractivity (Wildman–Crippen MR) is 72.4 cm³/mol. The number of rotatable bonds is 7. The van der Waals surface area contributed by atoms with Crippen LogP contribution in [0.15, 0.2) is 24.3 Å². The van der Waals surface area contributed by atoms with Gasteiger partial charge in [-0.05, 0) is 43.5 Å². The lowest BCUT2D eigenvalue weighted by Gasteiger charge is -2.17. The smallest absolute Gasteiger partial charge is 0.310 e. The van der Waals surface area contributed by atoms with Crippen LogP contribution in [-0.2, 0) is 0 Å². The molecular formula is C14H19ClF3N. The molecule has 0 aliphatic heterocycles. The third-order valence-corrected chi connectivity index (χ3v) is 3.21. The number of hydrogen-bond donors (Lipinski definition) is 1. The Labute approximate surface area is 117 Å². The van der Waals surface area contributed by atoms with Crippen LogP contribution in [0.2, 0.25) is 5.02 Å². The number of halogens is 4. The highest BCUT2D eigenvalue weighted by atomic mass is 35.5. The Morgan fingerprint density at radius 2 is 1.79 bits per heavy atom. The van der Waals surface area contributed by atoms with Crippen LogP contribution in [0, 0.1) is 0 Å². The topological polar surface area (TPSA) is 12.0 Å². The summed E-state index contributed by atoms with van der Waals surface area (Å²) in [4.78, 5) is 0. The average Bonchev–Trinajstić information content (AvgIpc) is 2.34. The summed E-state index contributed by atoms with van der Waals surface area (Å²) in [5.74, 6) is 0. The monoisotopic (exact) mass is 293 g/mol. The maximum atomic E-state index is 12.0. The van der Waals surface area contributed by atoms with Crippen LogP contribution in [0.1, 0.15) is 44.2 Å². The van der Waals surface area contributed by atoms with Crippen molar-refractivity contribution in [3.63, 3.8) is 0 Å². The van der Waals surface area contributed by atoms with Gasteiger partial charge in [0, 0.05) is 17.5 Å². The Morgan fingerprint density at radius 3 is 2.32 bits per heavy atom. The molecule has 1 aromatic carbocycles. The quantitative estimate of drug-likeness (QED) is 0.689. The van der Waals surface area contributed by atoms with Gasteiger partial charge in [0.15, 0.2) is 0 Å². The standard InChI is InChI=1S/C14H19ClF3N/c1-2-13(11-5-7-12(15)8-6-11)19-10-4-3-9-14(16,17)18/h5-8,13,19H,2-4,9-10H2,1H3. The molecule has 0 saturated heterocycles. The van der Waals surface area contributed by atoms with Gasteiger partial charge in [-0.25, -0.2) is 0 Å². The molecule has 1 unspecified atom stereocenters. The largest absolute Gasteiger partial charge is 0.389 e. The van der Waals surface area contributed by atoms with Gasteiger partial charge in [-0.3, -0.25) is 0 Å². The maximum absolute atomic E-state index is 12.0. The number of nitrogens with one attached hydrogen (secondary N) is 1. The van der Waals surface area contributed by atoms with E-state index in [-0.39, 0.29) is 12.5 Å². The molecule has 1 atom stereocenters. The van der Waals surface area contributed by atoms with Crippen LogP contribution in [0.5, 0.6) is 0 Å². The third kappa shape index (κ3) is 6.83. The summed E-state index contributed by atoms with van der Waals surface area (Å²) in [6, 6.07) is 7.71. The Balaban J connectivity index is 2.31. The molecule has 108 valence electrons. The number of benzene rings is 1. The van der Waals surface area contributed by atoms with Gasteiger partial charge in [0.25, 0.3) is 0 Å². The summed E-state index contributed by atoms with van der Waals surface area (Å²) in [6.07, 6.45) is -3.15. The average molecular weight is 294 g/mol. The van der Waals surface area contributed by atoms with E-state index in [1.807, 2.05) is 31.2 Å². The van der Waals surface area contributed by atoms with Crippen molar-refractivity contribution < 1.29 is 13.2 Å². The molecule has 0 spiro atoms. The zero-order chi connectivity index (χ0) is 14.3. The molecule has 0 heterocycles. The lowest BCUT2D eigenvalue weighted by molar-refractivity contribution is -0.135. The number of hydrogen-bond acceptors (Lipinski definition) is 1. The van der Waals surface area contributed by atoms with Crippen LogP contribution < -0.4 is 5.32 Å². The van der Waals surface area contributed by atoms with E-state index in [2.05, 4.69) is 5.32 Å². The molecule has 0 amide bonds. The fraction of sp³-hybridized carbons (Fsp3) is 0.571. The van der Waals surface area contributed by atoms with Crippen molar-refractivity contribution in [2.75, 3.05) is 6.54 Å². The Hall–Kier alpha value is -0.740. The second-order valence-corrected chi connectivity index (χ2v) is 4.98. The second-order valence-electron chi connectivity index (χ2n) is 4.54. The minimum Gasteiger partial charge on any atom is -0.310 e. The summed E-state index contributed by atoms with van der Waals surface area (Å²) < 4.78 is 35.9. The first-order valence-corrected chi connectivity index (χ1v) is 6.86. The molecule has 19 heavy (non-hydrogen) atoms. The summed E-state index contributed by atoms with van der Waals surface area (Å²) in [5.41, 5.74) is 1.11. The van der Waals surface area contributed by atoms with Crippen molar-refractivity contribution in [1.82, 2.24) is 5.32 Å². The molecule has 1 nitrogen and oxygen atoms in total. The lowest BCUT2D eigenvalue weighted by Crippen LogP contribution is -2.22. The molecule has 1 aromatic rings. The summed E-state index contributed by atoms with van der Waals surface area (Å²) in [7, 11) is 0. The molecule has 1 N–H and O–H groups in total. The van der Waals surface area contributed by atoms with Crippen LogP contribution in [0.3, 0.4) is 0 Å². The zero-order valence-electron chi connectivity index (χ0n) is 10.9.